The zero-order valence-corrected chi connectivity index (χ0v) is 19.3. The van der Waals surface area contributed by atoms with E-state index in [2.05, 4.69) is 61.2 Å². The maximum absolute atomic E-state index is 10.4. The number of thioether (sulfide) groups is 1. The van der Waals surface area contributed by atoms with Gasteiger partial charge < -0.3 is 0 Å². The number of hydrogen-bond donors (Lipinski definition) is 0. The largest absolute Gasteiger partial charge is 0.354 e. The Morgan fingerprint density at radius 1 is 0.774 bits per heavy atom. The van der Waals surface area contributed by atoms with Gasteiger partial charge in [-0.15, -0.1) is 6.58 Å². The number of rotatable bonds is 6. The van der Waals surface area contributed by atoms with Crippen LogP contribution in [0.4, 0.5) is 0 Å². The molecule has 1 nitrogen and oxygen atoms in total. The molecule has 1 N–H and O–H groups in total. The quantitative estimate of drug-likeness (QED) is 0.217. The van der Waals surface area contributed by atoms with Gasteiger partial charge in [-0.05, 0) is 80.4 Å². The Hall–Kier alpha value is -2.75. The molecule has 156 valence electrons. The van der Waals surface area contributed by atoms with Gasteiger partial charge in [0.1, 0.15) is 0 Å². The molecule has 3 heteroatoms. The van der Waals surface area contributed by atoms with Crippen molar-refractivity contribution < 1.29 is 4.79 Å². The van der Waals surface area contributed by atoms with Crippen LogP contribution < -0.4 is 0 Å². The minimum atomic E-state index is 0.310. The summed E-state index contributed by atoms with van der Waals surface area (Å²) in [4.78, 5) is 15.4. The Balaban J connectivity index is 0.000000858. The van der Waals surface area contributed by atoms with E-state index in [1.807, 2.05) is 61.2 Å². The fraction of sp³-hybridized carbons (Fsp3) is 0.107. The third-order valence-corrected chi connectivity index (χ3v) is 6.49. The van der Waals surface area contributed by atoms with Gasteiger partial charge in [0.15, 0.2) is 0 Å². The minimum absolute atomic E-state index is 0.310. The van der Waals surface area contributed by atoms with Crippen LogP contribution in [0.15, 0.2) is 129 Å². The van der Waals surface area contributed by atoms with Gasteiger partial charge in [-0.1, -0.05) is 66.0 Å². The van der Waals surface area contributed by atoms with Crippen molar-refractivity contribution in [2.75, 3.05) is 0 Å². The van der Waals surface area contributed by atoms with Crippen molar-refractivity contribution in [3.8, 4) is 0 Å². The van der Waals surface area contributed by atoms with E-state index in [0.717, 1.165) is 28.9 Å². The molecule has 31 heavy (non-hydrogen) atoms. The molecule has 0 amide bonds. The molecular weight excluding hydrogens is 416 g/mol. The number of hydrogen-bond acceptors (Lipinski definition) is 2. The van der Waals surface area contributed by atoms with E-state index in [0.29, 0.717) is 5.78 Å². The number of carbonyl (C=O) groups excluding carboxylic acids is 1. The van der Waals surface area contributed by atoms with Crippen LogP contribution >= 0.6 is 23.5 Å². The van der Waals surface area contributed by atoms with Crippen LogP contribution in [0.5, 0.6) is 0 Å². The van der Waals surface area contributed by atoms with Gasteiger partial charge in [0.2, 0.25) is 0 Å². The molecule has 1 aliphatic rings. The predicted molar refractivity (Wildman–Crippen MR) is 137 cm³/mol. The highest BCUT2D eigenvalue weighted by atomic mass is 32.2. The van der Waals surface area contributed by atoms with Crippen LogP contribution in [0, 0.1) is 0 Å². The summed E-state index contributed by atoms with van der Waals surface area (Å²) in [7, 11) is 0. The molecular formula is C28H27OS2+. The van der Waals surface area contributed by atoms with E-state index in [1.54, 1.807) is 17.8 Å². The second-order valence-corrected chi connectivity index (χ2v) is 9.20. The summed E-state index contributed by atoms with van der Waals surface area (Å²) in [5.41, 5.74) is 1.66. The van der Waals surface area contributed by atoms with Gasteiger partial charge in [0.05, 0.1) is 11.1 Å². The molecule has 0 heterocycles. The van der Waals surface area contributed by atoms with E-state index in [-0.39, 0.29) is 0 Å². The zero-order chi connectivity index (χ0) is 21.9. The highest BCUT2D eigenvalue weighted by Gasteiger charge is 2.15. The first-order chi connectivity index (χ1) is 15.2. The smallest absolute Gasteiger partial charge is 0.273 e. The second-order valence-electron chi connectivity index (χ2n) is 6.91. The van der Waals surface area contributed by atoms with Crippen molar-refractivity contribution >= 4 is 29.3 Å². The van der Waals surface area contributed by atoms with Crippen LogP contribution in [-0.4, -0.2) is 10.6 Å². The van der Waals surface area contributed by atoms with Crippen LogP contribution in [0.2, 0.25) is 0 Å². The molecule has 1 aliphatic carbocycles. The Morgan fingerprint density at radius 2 is 1.29 bits per heavy atom. The summed E-state index contributed by atoms with van der Waals surface area (Å²) >= 11 is 3.55. The van der Waals surface area contributed by atoms with Crippen LogP contribution in [0.3, 0.4) is 0 Å². The third kappa shape index (κ3) is 7.16. The highest BCUT2D eigenvalue weighted by molar-refractivity contribution is 8.03. The van der Waals surface area contributed by atoms with Gasteiger partial charge in [-0.3, -0.25) is 4.79 Å². The van der Waals surface area contributed by atoms with Gasteiger partial charge in [-0.25, -0.2) is 0 Å². The molecule has 4 rings (SSSR count). The second kappa shape index (κ2) is 12.2. The topological polar surface area (TPSA) is 21.4 Å². The maximum atomic E-state index is 10.4. The van der Waals surface area contributed by atoms with E-state index in [4.69, 9.17) is 0 Å². The Kier molecular flexibility index (Phi) is 9.01. The lowest BCUT2D eigenvalue weighted by Crippen LogP contribution is -2.02. The van der Waals surface area contributed by atoms with Gasteiger partial charge in [0.25, 0.3) is 0 Å². The summed E-state index contributed by atoms with van der Waals surface area (Å²) in [6, 6.07) is 26.4. The predicted octanol–water partition coefficient (Wildman–Crippen LogP) is 8.30. The molecule has 0 atom stereocenters. The van der Waals surface area contributed by atoms with Crippen molar-refractivity contribution in [3.63, 3.8) is 0 Å². The zero-order valence-electron chi connectivity index (χ0n) is 17.7. The van der Waals surface area contributed by atoms with E-state index in [1.165, 1.54) is 14.7 Å². The molecule has 0 bridgehead atoms. The molecule has 0 aromatic heterocycles. The van der Waals surface area contributed by atoms with E-state index in [9.17, 15) is 4.79 Å². The third-order valence-electron chi connectivity index (χ3n) is 4.43. The van der Waals surface area contributed by atoms with Crippen molar-refractivity contribution in [2.24, 2.45) is 0 Å². The summed E-state index contributed by atoms with van der Waals surface area (Å²) in [6.07, 6.45) is 10.8. The highest BCUT2D eigenvalue weighted by Crippen LogP contribution is 2.33. The fourth-order valence-electron chi connectivity index (χ4n) is 2.96. The maximum Gasteiger partial charge on any atom is 0.354 e. The Bertz CT molecular complexity index is 1050. The number of allylic oxidation sites excluding steroid dienone is 4. The summed E-state index contributed by atoms with van der Waals surface area (Å²) in [5.74, 6) is 0.310. The molecule has 3 aromatic rings. The van der Waals surface area contributed by atoms with Gasteiger partial charge in [0, 0.05) is 19.6 Å². The lowest BCUT2D eigenvalue weighted by molar-refractivity contribution is 0.679. The molecule has 0 fully saturated rings. The number of ketones is 1. The first-order valence-corrected chi connectivity index (χ1v) is 11.9. The van der Waals surface area contributed by atoms with Crippen molar-refractivity contribution in [3.05, 3.63) is 126 Å². The first kappa shape index (κ1) is 22.9. The minimum Gasteiger partial charge on any atom is -0.273 e. The standard InChI is InChI=1S/C25H20OS2.C3H6/c26-25(19-7-3-1-4-8-19)20-11-13-22(14-12-20)28-24-17-15-23(16-18-24)27-21-9-5-2-6-10-21;1-3-2/h1,3-5,7-18H,2,6H2;3H,1H2,2H3/p+1. The van der Waals surface area contributed by atoms with Gasteiger partial charge in [-0.2, -0.15) is 0 Å². The SMILES string of the molecule is C=CC.[OH+]=C(c1ccccc1)c1ccc(Sc2ccc(SC3=CCCC=C3)cc2)cc1. The monoisotopic (exact) mass is 443 g/mol. The normalized spacial score (nSPS) is 12.4. The first-order valence-electron chi connectivity index (χ1n) is 10.3. The molecule has 3 aromatic carbocycles. The summed E-state index contributed by atoms with van der Waals surface area (Å²) in [5, 5.41) is 0. The lowest BCUT2D eigenvalue weighted by Gasteiger charge is -2.07. The van der Waals surface area contributed by atoms with Crippen molar-refractivity contribution in [1.82, 2.24) is 0 Å². The molecule has 0 unspecified atom stereocenters. The van der Waals surface area contributed by atoms with Crippen molar-refractivity contribution in [1.29, 1.82) is 0 Å². The van der Waals surface area contributed by atoms with Crippen LogP contribution in [-0.2, 0) is 0 Å². The van der Waals surface area contributed by atoms with Crippen LogP contribution in [0.1, 0.15) is 30.9 Å². The van der Waals surface area contributed by atoms with E-state index < -0.39 is 0 Å². The molecule has 0 saturated carbocycles. The van der Waals surface area contributed by atoms with E-state index >= 15 is 0 Å². The lowest BCUT2D eigenvalue weighted by atomic mass is 10.0. The van der Waals surface area contributed by atoms with Gasteiger partial charge >= 0.3 is 5.78 Å². The average molecular weight is 444 g/mol. The fourth-order valence-corrected chi connectivity index (χ4v) is 4.68. The average Bonchev–Trinajstić information content (AvgIpc) is 2.82. The van der Waals surface area contributed by atoms with Crippen molar-refractivity contribution in [2.45, 2.75) is 34.5 Å². The molecule has 0 spiro atoms. The molecule has 0 saturated heterocycles. The van der Waals surface area contributed by atoms with Crippen LogP contribution in [0.25, 0.3) is 0 Å². The molecule has 0 radical (unpaired) electrons. The molecule has 0 aliphatic heterocycles. The summed E-state index contributed by atoms with van der Waals surface area (Å²) < 4.78 is 0. The number of benzene rings is 3. The Labute approximate surface area is 194 Å². The summed E-state index contributed by atoms with van der Waals surface area (Å²) in [6.45, 7) is 5.25. The Morgan fingerprint density at radius 3 is 1.84 bits per heavy atom.